The predicted molar refractivity (Wildman–Crippen MR) is 242 cm³/mol. The Morgan fingerprint density at radius 2 is 0.574 bits per heavy atom. The first-order valence-electron chi connectivity index (χ1n) is 21.1. The van der Waals surface area contributed by atoms with Gasteiger partial charge in [0.15, 0.2) is 30.4 Å². The average molecular weight is 1130 g/mol. The summed E-state index contributed by atoms with van der Waals surface area (Å²) in [6.45, 7) is 6.66. The molecule has 8 N–H and O–H groups in total. The number of phenols is 4. The summed E-state index contributed by atoms with van der Waals surface area (Å²) >= 11 is 0. The van der Waals surface area contributed by atoms with Crippen LogP contribution >= 0.6 is 30.4 Å². The first-order valence-corrected chi connectivity index (χ1v) is 27.6. The summed E-state index contributed by atoms with van der Waals surface area (Å²) in [6, 6.07) is 24.2. The normalized spacial score (nSPS) is 16.6. The van der Waals surface area contributed by atoms with Gasteiger partial charge in [-0.2, -0.15) is 0 Å². The van der Waals surface area contributed by atoms with Crippen molar-refractivity contribution in [2.24, 2.45) is 0 Å². The van der Waals surface area contributed by atoms with E-state index < -0.39 is 53.5 Å². The molecule has 8 unspecified atom stereocenters. The second-order valence-electron chi connectivity index (χ2n) is 14.2. The van der Waals surface area contributed by atoms with E-state index in [1.807, 2.05) is 0 Å². The molecule has 26 heteroatoms. The topological polar surface area (TPSA) is 326 Å². The molecule has 0 bridgehead atoms. The number of benzene rings is 4. The van der Waals surface area contributed by atoms with Gasteiger partial charge in [0.25, 0.3) is 0 Å². The largest absolute Gasteiger partial charge is 2.00 e. The molecule has 4 rings (SSSR count). The van der Waals surface area contributed by atoms with E-state index in [2.05, 4.69) is 21.3 Å². The predicted octanol–water partition coefficient (Wildman–Crippen LogP) is 5.08. The summed E-state index contributed by atoms with van der Waals surface area (Å²) in [5.74, 6) is -5.85. The van der Waals surface area contributed by atoms with Crippen LogP contribution in [0.2, 0.25) is 0 Å². The van der Waals surface area contributed by atoms with Crippen LogP contribution in [0.4, 0.5) is 0 Å². The third kappa shape index (κ3) is 19.3. The molecule has 0 saturated heterocycles. The first kappa shape index (κ1) is 63.6. The van der Waals surface area contributed by atoms with Crippen LogP contribution in [-0.4, -0.2) is 73.0 Å². The van der Waals surface area contributed by atoms with Gasteiger partial charge in [-0.25, -0.2) is 0 Å². The number of hydrogen-bond acceptors (Lipinski definition) is 20. The van der Waals surface area contributed by atoms with Crippen molar-refractivity contribution < 1.29 is 110 Å². The number of hydrogen-bond donors (Lipinski definition) is 8. The van der Waals surface area contributed by atoms with E-state index in [-0.39, 0.29) is 132 Å². The molecule has 68 heavy (non-hydrogen) atoms. The Morgan fingerprint density at radius 3 is 0.735 bits per heavy atom. The van der Waals surface area contributed by atoms with Crippen molar-refractivity contribution >= 4 is 30.4 Å². The molecule has 4 aromatic carbocycles. The van der Waals surface area contributed by atoms with E-state index in [0.29, 0.717) is 12.8 Å². The number of aromatic hydroxyl groups is 4. The summed E-state index contributed by atoms with van der Waals surface area (Å²) in [5, 5.41) is 51.9. The second-order valence-corrected chi connectivity index (χ2v) is 21.6. The van der Waals surface area contributed by atoms with E-state index >= 15 is 0 Å². The zero-order chi connectivity index (χ0) is 49.0. The molecular weight excluding hydrogens is 1070 g/mol. The minimum atomic E-state index is -4.40. The van der Waals surface area contributed by atoms with E-state index in [9.17, 15) is 58.3 Å². The van der Waals surface area contributed by atoms with Gasteiger partial charge in [-0.05, 0) is 91.0 Å². The van der Waals surface area contributed by atoms with Gasteiger partial charge >= 0.3 is 34.1 Å². The zero-order valence-corrected chi connectivity index (χ0v) is 43.2. The summed E-state index contributed by atoms with van der Waals surface area (Å²) < 4.78 is 70.0. The maximum absolute atomic E-state index is 12.6. The van der Waals surface area contributed by atoms with Crippen LogP contribution in [0.15, 0.2) is 97.1 Å². The maximum Gasteiger partial charge on any atom is 2.00 e. The molecule has 0 aliphatic heterocycles. The molecule has 0 saturated carbocycles. The van der Waals surface area contributed by atoms with Crippen LogP contribution in [-0.2, 0) is 70.5 Å². The summed E-state index contributed by atoms with van der Waals surface area (Å²) in [4.78, 5) is 50.3. The summed E-state index contributed by atoms with van der Waals surface area (Å²) in [7, 11) is -17.6. The third-order valence-electron chi connectivity index (χ3n) is 9.48. The average Bonchev–Trinajstić information content (AvgIpc) is 3.25. The molecule has 0 spiro atoms. The van der Waals surface area contributed by atoms with Crippen LogP contribution < -0.4 is 40.8 Å². The third-order valence-corrected chi connectivity index (χ3v) is 16.3. The Kier molecular flexibility index (Phi) is 29.1. The van der Waals surface area contributed by atoms with Gasteiger partial charge in [-0.3, -0.25) is 0 Å². The van der Waals surface area contributed by atoms with E-state index in [1.165, 1.54) is 48.5 Å². The smallest absolute Gasteiger partial charge is 0.777 e. The van der Waals surface area contributed by atoms with Gasteiger partial charge in [0, 0.05) is 22.3 Å². The Bertz CT molecular complexity index is 2000. The second kappa shape index (κ2) is 31.1. The van der Waals surface area contributed by atoms with Gasteiger partial charge in [-0.15, -0.1) is 0 Å². The molecule has 0 aliphatic carbocycles. The van der Waals surface area contributed by atoms with Crippen molar-refractivity contribution in [1.82, 2.24) is 21.3 Å². The van der Waals surface area contributed by atoms with Gasteiger partial charge in [0.05, 0.1) is 26.4 Å². The zero-order valence-electron chi connectivity index (χ0n) is 37.7. The van der Waals surface area contributed by atoms with E-state index in [4.69, 9.17) is 18.1 Å². The molecule has 0 heterocycles. The molecule has 2 radical (unpaired) electrons. The van der Waals surface area contributed by atoms with Crippen molar-refractivity contribution in [3.63, 3.8) is 0 Å². The molecule has 8 atom stereocenters. The van der Waals surface area contributed by atoms with Gasteiger partial charge in [-0.1, -0.05) is 72.8 Å². The SMILES string of the molecule is CCOP(=O)([O-])C(NCCCNC(c1ccccc1O)P(=O)([O-])OCC)c1ccccc1O.CCOP(=O)([O-])C(NCCCNC(c1ccccc1O)P(=O)([O-])OCC)c1ccccc1O.[Cu+2].[Cu+2]. The Hall–Kier alpha value is -2.44. The maximum atomic E-state index is 12.6. The number of nitrogens with one attached hydrogen (secondary N) is 4. The first-order chi connectivity index (χ1) is 31.3. The molecule has 0 fully saturated rings. The molecule has 4 aromatic rings. The fraction of sp³-hybridized carbons (Fsp3) is 0.429. The van der Waals surface area contributed by atoms with Gasteiger partial charge in [0.1, 0.15) is 46.1 Å². The number of phenolic OH excluding ortho intramolecular Hbond substituents is 4. The minimum Gasteiger partial charge on any atom is -0.777 e. The molecule has 0 aromatic heterocycles. The Morgan fingerprint density at radius 1 is 0.397 bits per heavy atom. The standard InChI is InChI=1S/2C21H32N2O8P2.2Cu/c2*1-3-30-32(26,27)20(16-10-5-7-12-18(16)24)22-14-9-15-23-21(33(28,29)31-4-2)17-11-6-8-13-19(17)25;;/h2*5-8,10-13,20-25H,3-4,9,14-15H2,1-2H3,(H,26,27)(H,28,29);;/q;;2*+2/p-4. The van der Waals surface area contributed by atoms with Gasteiger partial charge in [0.2, 0.25) is 0 Å². The van der Waals surface area contributed by atoms with Crippen molar-refractivity contribution in [1.29, 1.82) is 0 Å². The summed E-state index contributed by atoms with van der Waals surface area (Å²) in [5.41, 5.74) is 0.629. The van der Waals surface area contributed by atoms with Crippen molar-refractivity contribution in [2.75, 3.05) is 52.6 Å². The Labute approximate surface area is 418 Å². The molecule has 20 nitrogen and oxygen atoms in total. The molecule has 386 valence electrons. The molecule has 0 amide bonds. The fourth-order valence-corrected chi connectivity index (χ4v) is 12.3. The van der Waals surface area contributed by atoms with Crippen LogP contribution in [0.1, 0.15) is 85.9 Å². The minimum absolute atomic E-state index is 0. The quantitative estimate of drug-likeness (QED) is 0.0209. The van der Waals surface area contributed by atoms with Crippen molar-refractivity contribution in [3.8, 4) is 23.0 Å². The number of rotatable bonds is 28. The van der Waals surface area contributed by atoms with E-state index in [1.54, 1.807) is 76.2 Å². The van der Waals surface area contributed by atoms with Gasteiger partial charge < -0.3 is 97.6 Å². The monoisotopic (exact) mass is 1130 g/mol. The van der Waals surface area contributed by atoms with Crippen molar-refractivity contribution in [2.45, 2.75) is 63.7 Å². The molecular formula is C42H60Cu2N4O16P4. The van der Waals surface area contributed by atoms with Crippen LogP contribution in [0.5, 0.6) is 23.0 Å². The van der Waals surface area contributed by atoms with Crippen LogP contribution in [0.25, 0.3) is 0 Å². The molecule has 0 aliphatic rings. The number of para-hydroxylation sites is 4. The summed E-state index contributed by atoms with van der Waals surface area (Å²) in [6.07, 6.45) is 0.652. The van der Waals surface area contributed by atoms with Crippen LogP contribution in [0, 0.1) is 0 Å². The fourth-order valence-electron chi connectivity index (χ4n) is 6.59. The van der Waals surface area contributed by atoms with Crippen molar-refractivity contribution in [3.05, 3.63) is 119 Å². The van der Waals surface area contributed by atoms with Crippen LogP contribution in [0.3, 0.4) is 0 Å². The van der Waals surface area contributed by atoms with E-state index in [0.717, 1.165) is 0 Å². The Balaban J connectivity index is 0.000000661.